The van der Waals surface area contributed by atoms with Gasteiger partial charge in [-0.15, -0.1) is 11.3 Å². The Hall–Kier alpha value is -1.52. The molecule has 86 valence electrons. The van der Waals surface area contributed by atoms with E-state index in [2.05, 4.69) is 0 Å². The molecule has 0 aliphatic heterocycles. The monoisotopic (exact) mass is 261 g/mol. The van der Waals surface area contributed by atoms with Crippen molar-refractivity contribution in [2.75, 3.05) is 0 Å². The Labute approximate surface area is 109 Å². The zero-order valence-electron chi connectivity index (χ0n) is 9.29. The lowest BCUT2D eigenvalue weighted by molar-refractivity contribution is 0.105. The van der Waals surface area contributed by atoms with Crippen LogP contribution in [0.5, 0.6) is 0 Å². The third kappa shape index (κ3) is 2.78. The number of hydrogen-bond donors (Lipinski definition) is 0. The minimum Gasteiger partial charge on any atom is -0.342 e. The number of ketones is 1. The largest absolute Gasteiger partial charge is 0.342 e. The van der Waals surface area contributed by atoms with E-state index in [0.717, 1.165) is 15.1 Å². The Balaban J connectivity index is 2.24. The molecule has 0 aromatic carbocycles. The van der Waals surface area contributed by atoms with Gasteiger partial charge in [-0.1, -0.05) is 24.4 Å². The standard InChI is InChI=1S/C13H11NOS2/c1-14-8-2-4-10(13(14)16)6-7-11(15)12-5-3-9-17-12/h2-9H,1H3/b7-6+. The molecule has 2 rings (SSSR count). The van der Waals surface area contributed by atoms with Crippen LogP contribution in [0.3, 0.4) is 0 Å². The summed E-state index contributed by atoms with van der Waals surface area (Å²) in [6.45, 7) is 0. The molecule has 2 nitrogen and oxygen atoms in total. The summed E-state index contributed by atoms with van der Waals surface area (Å²) in [4.78, 5) is 12.5. The fourth-order valence-electron chi connectivity index (χ4n) is 1.41. The highest BCUT2D eigenvalue weighted by Crippen LogP contribution is 2.11. The second-order valence-corrected chi connectivity index (χ2v) is 4.89. The van der Waals surface area contributed by atoms with Gasteiger partial charge in [0, 0.05) is 18.8 Å². The van der Waals surface area contributed by atoms with Gasteiger partial charge in [0.15, 0.2) is 5.78 Å². The summed E-state index contributed by atoms with van der Waals surface area (Å²) in [5, 5.41) is 1.89. The summed E-state index contributed by atoms with van der Waals surface area (Å²) in [6, 6.07) is 7.50. The van der Waals surface area contributed by atoms with Gasteiger partial charge in [-0.25, -0.2) is 0 Å². The zero-order chi connectivity index (χ0) is 12.3. The second kappa shape index (κ2) is 5.21. The minimum atomic E-state index is 0.0147. The maximum atomic E-state index is 11.8. The molecular weight excluding hydrogens is 250 g/mol. The second-order valence-electron chi connectivity index (χ2n) is 3.55. The molecule has 0 spiro atoms. The van der Waals surface area contributed by atoms with Crippen LogP contribution in [0, 0.1) is 4.64 Å². The van der Waals surface area contributed by atoms with E-state index in [0.29, 0.717) is 0 Å². The van der Waals surface area contributed by atoms with E-state index in [-0.39, 0.29) is 5.78 Å². The van der Waals surface area contributed by atoms with Gasteiger partial charge in [0.05, 0.1) is 4.88 Å². The van der Waals surface area contributed by atoms with E-state index in [9.17, 15) is 4.79 Å². The van der Waals surface area contributed by atoms with Gasteiger partial charge < -0.3 is 4.57 Å². The normalized spacial score (nSPS) is 10.9. The number of hydrogen-bond acceptors (Lipinski definition) is 3. The summed E-state index contributed by atoms with van der Waals surface area (Å²) < 4.78 is 2.58. The summed E-state index contributed by atoms with van der Waals surface area (Å²) in [5.41, 5.74) is 0.884. The molecule has 2 aromatic rings. The molecule has 0 aliphatic rings. The number of aryl methyl sites for hydroxylation is 1. The van der Waals surface area contributed by atoms with Crippen molar-refractivity contribution in [3.8, 4) is 0 Å². The quantitative estimate of drug-likeness (QED) is 0.477. The summed E-state index contributed by atoms with van der Waals surface area (Å²) in [5.74, 6) is 0.0147. The smallest absolute Gasteiger partial charge is 0.195 e. The first kappa shape index (κ1) is 12.0. The molecule has 0 aliphatic carbocycles. The van der Waals surface area contributed by atoms with Gasteiger partial charge in [-0.05, 0) is 29.7 Å². The van der Waals surface area contributed by atoms with E-state index in [1.54, 1.807) is 12.2 Å². The van der Waals surface area contributed by atoms with Crippen molar-refractivity contribution in [3.63, 3.8) is 0 Å². The van der Waals surface area contributed by atoms with Crippen LogP contribution < -0.4 is 0 Å². The first-order chi connectivity index (χ1) is 8.18. The maximum absolute atomic E-state index is 11.8. The topological polar surface area (TPSA) is 22.0 Å². The lowest BCUT2D eigenvalue weighted by Gasteiger charge is -1.99. The van der Waals surface area contributed by atoms with Crippen LogP contribution in [-0.4, -0.2) is 10.4 Å². The van der Waals surface area contributed by atoms with Crippen molar-refractivity contribution in [1.82, 2.24) is 4.57 Å². The van der Waals surface area contributed by atoms with Crippen molar-refractivity contribution >= 4 is 35.4 Å². The number of allylic oxidation sites excluding steroid dienone is 1. The first-order valence-corrected chi connectivity index (χ1v) is 6.39. The Bertz CT molecular complexity index is 609. The molecule has 0 saturated carbocycles. The van der Waals surface area contributed by atoms with Crippen LogP contribution in [-0.2, 0) is 7.05 Å². The third-order valence-electron chi connectivity index (χ3n) is 2.33. The van der Waals surface area contributed by atoms with E-state index >= 15 is 0 Å². The molecule has 0 atom stereocenters. The van der Waals surface area contributed by atoms with Crippen molar-refractivity contribution in [3.05, 3.63) is 57.0 Å². The Kier molecular flexibility index (Phi) is 3.66. The average molecular weight is 261 g/mol. The number of pyridine rings is 1. The summed E-state index contributed by atoms with van der Waals surface area (Å²) >= 11 is 6.69. The van der Waals surface area contributed by atoms with Crippen LogP contribution in [0.2, 0.25) is 0 Å². The number of nitrogens with zero attached hydrogens (tertiary/aromatic N) is 1. The van der Waals surface area contributed by atoms with Crippen LogP contribution >= 0.6 is 23.6 Å². The molecule has 0 fully saturated rings. The fraction of sp³-hybridized carbons (Fsp3) is 0.0769. The van der Waals surface area contributed by atoms with Crippen LogP contribution in [0.25, 0.3) is 6.08 Å². The highest BCUT2D eigenvalue weighted by Gasteiger charge is 2.01. The van der Waals surface area contributed by atoms with Gasteiger partial charge in [0.2, 0.25) is 0 Å². The fourth-order valence-corrected chi connectivity index (χ4v) is 2.25. The molecule has 17 heavy (non-hydrogen) atoms. The average Bonchev–Trinajstić information content (AvgIpc) is 2.84. The molecule has 0 bridgehead atoms. The van der Waals surface area contributed by atoms with Crippen molar-refractivity contribution in [1.29, 1.82) is 0 Å². The molecule has 0 N–H and O–H groups in total. The zero-order valence-corrected chi connectivity index (χ0v) is 10.9. The number of aromatic nitrogens is 1. The predicted molar refractivity (Wildman–Crippen MR) is 73.9 cm³/mol. The van der Waals surface area contributed by atoms with Gasteiger partial charge in [0.1, 0.15) is 4.64 Å². The first-order valence-electron chi connectivity index (χ1n) is 5.10. The molecule has 0 unspecified atom stereocenters. The Morgan fingerprint density at radius 2 is 2.24 bits per heavy atom. The third-order valence-corrected chi connectivity index (χ3v) is 3.74. The number of rotatable bonds is 3. The summed E-state index contributed by atoms with van der Waals surface area (Å²) in [7, 11) is 1.89. The molecule has 2 heterocycles. The molecule has 0 amide bonds. The lowest BCUT2D eigenvalue weighted by Crippen LogP contribution is -1.93. The highest BCUT2D eigenvalue weighted by molar-refractivity contribution is 7.71. The van der Waals surface area contributed by atoms with Crippen LogP contribution in [0.1, 0.15) is 15.2 Å². The number of carbonyl (C=O) groups is 1. The minimum absolute atomic E-state index is 0.0147. The molecule has 2 aromatic heterocycles. The van der Waals surface area contributed by atoms with Crippen LogP contribution in [0.15, 0.2) is 41.9 Å². The lowest BCUT2D eigenvalue weighted by atomic mass is 10.2. The molecular formula is C13H11NOS2. The van der Waals surface area contributed by atoms with Crippen molar-refractivity contribution in [2.24, 2.45) is 7.05 Å². The number of carbonyl (C=O) groups excluding carboxylic acids is 1. The highest BCUT2D eigenvalue weighted by atomic mass is 32.1. The van der Waals surface area contributed by atoms with Gasteiger partial charge in [-0.3, -0.25) is 4.79 Å². The maximum Gasteiger partial charge on any atom is 0.195 e. The van der Waals surface area contributed by atoms with Crippen LogP contribution in [0.4, 0.5) is 0 Å². The van der Waals surface area contributed by atoms with Crippen molar-refractivity contribution in [2.45, 2.75) is 0 Å². The van der Waals surface area contributed by atoms with E-state index in [1.165, 1.54) is 11.3 Å². The number of thiophene rings is 1. The van der Waals surface area contributed by atoms with E-state index in [4.69, 9.17) is 12.2 Å². The van der Waals surface area contributed by atoms with Gasteiger partial charge >= 0.3 is 0 Å². The van der Waals surface area contributed by atoms with Gasteiger partial charge in [0.25, 0.3) is 0 Å². The van der Waals surface area contributed by atoms with Crippen molar-refractivity contribution < 1.29 is 4.79 Å². The van der Waals surface area contributed by atoms with E-state index in [1.807, 2.05) is 47.5 Å². The molecule has 4 heteroatoms. The molecule has 0 radical (unpaired) electrons. The Morgan fingerprint density at radius 1 is 1.41 bits per heavy atom. The molecule has 0 saturated heterocycles. The van der Waals surface area contributed by atoms with E-state index < -0.39 is 0 Å². The SMILES string of the molecule is Cn1cccc(/C=C/C(=O)c2cccs2)c1=S. The Morgan fingerprint density at radius 3 is 2.94 bits per heavy atom. The van der Waals surface area contributed by atoms with Gasteiger partial charge in [-0.2, -0.15) is 0 Å². The predicted octanol–water partition coefficient (Wildman–Crippen LogP) is 3.71. The summed E-state index contributed by atoms with van der Waals surface area (Å²) in [6.07, 6.45) is 5.22.